The molecule has 5 nitrogen and oxygen atoms in total. The van der Waals surface area contributed by atoms with Gasteiger partial charge in [-0.25, -0.2) is 4.63 Å². The van der Waals surface area contributed by atoms with Crippen LogP contribution in [0.15, 0.2) is 16.8 Å². The van der Waals surface area contributed by atoms with Gasteiger partial charge < -0.3 is 0 Å². The van der Waals surface area contributed by atoms with Crippen LogP contribution in [-0.2, 0) is 0 Å². The third kappa shape index (κ3) is 0.916. The minimum atomic E-state index is 0.209. The van der Waals surface area contributed by atoms with Crippen molar-refractivity contribution in [1.29, 1.82) is 10.5 Å². The van der Waals surface area contributed by atoms with Crippen molar-refractivity contribution in [3.05, 3.63) is 23.3 Å². The second-order valence-corrected chi connectivity index (χ2v) is 2.34. The molecule has 0 radical (unpaired) electrons. The van der Waals surface area contributed by atoms with E-state index in [0.717, 1.165) is 0 Å². The number of hydrogen-bond donors (Lipinski definition) is 0. The maximum absolute atomic E-state index is 8.76. The summed E-state index contributed by atoms with van der Waals surface area (Å²) in [4.78, 5) is 0. The topological polar surface area (TPSA) is 86.5 Å². The summed E-state index contributed by atoms with van der Waals surface area (Å²) in [7, 11) is 0. The number of hydrogen-bond acceptors (Lipinski definition) is 5. The standard InChI is InChI=1S/C8H2N4O/c9-3-5-1-2-7-8(6(5)4-10)12-13-11-7/h1-2H. The van der Waals surface area contributed by atoms with Crippen LogP contribution in [0.25, 0.3) is 11.0 Å². The second-order valence-electron chi connectivity index (χ2n) is 2.34. The Morgan fingerprint density at radius 3 is 2.69 bits per heavy atom. The summed E-state index contributed by atoms with van der Waals surface area (Å²) in [6.45, 7) is 0. The highest BCUT2D eigenvalue weighted by Crippen LogP contribution is 2.17. The highest BCUT2D eigenvalue weighted by molar-refractivity contribution is 5.82. The van der Waals surface area contributed by atoms with Crippen molar-refractivity contribution in [3.8, 4) is 12.1 Å². The van der Waals surface area contributed by atoms with Crippen LogP contribution in [0.1, 0.15) is 11.1 Å². The van der Waals surface area contributed by atoms with Gasteiger partial charge in [-0.15, -0.1) is 0 Å². The second kappa shape index (κ2) is 2.58. The molecule has 0 atom stereocenters. The molecule has 2 rings (SSSR count). The Bertz CT molecular complexity index is 543. The molecule has 0 aliphatic carbocycles. The summed E-state index contributed by atoms with van der Waals surface area (Å²) < 4.78 is 4.45. The Kier molecular flexibility index (Phi) is 1.44. The fourth-order valence-electron chi connectivity index (χ4n) is 1.06. The van der Waals surface area contributed by atoms with E-state index in [4.69, 9.17) is 10.5 Å². The molecule has 0 aliphatic rings. The molecular formula is C8H2N4O. The maximum Gasteiger partial charge on any atom is 0.154 e. The first-order valence-corrected chi connectivity index (χ1v) is 3.42. The third-order valence-corrected chi connectivity index (χ3v) is 1.66. The Labute approximate surface area is 72.8 Å². The van der Waals surface area contributed by atoms with Gasteiger partial charge in [-0.2, -0.15) is 10.5 Å². The summed E-state index contributed by atoms with van der Waals surface area (Å²) in [6.07, 6.45) is 0. The van der Waals surface area contributed by atoms with Crippen molar-refractivity contribution in [2.24, 2.45) is 0 Å². The Morgan fingerprint density at radius 1 is 1.15 bits per heavy atom. The first-order valence-electron chi connectivity index (χ1n) is 3.42. The van der Waals surface area contributed by atoms with Gasteiger partial charge in [0.25, 0.3) is 0 Å². The molecule has 1 heterocycles. The van der Waals surface area contributed by atoms with Gasteiger partial charge in [-0.05, 0) is 22.4 Å². The molecule has 0 aliphatic heterocycles. The zero-order valence-electron chi connectivity index (χ0n) is 6.35. The monoisotopic (exact) mass is 170 g/mol. The van der Waals surface area contributed by atoms with Crippen molar-refractivity contribution in [2.45, 2.75) is 0 Å². The van der Waals surface area contributed by atoms with Crippen LogP contribution in [0, 0.1) is 22.7 Å². The number of rotatable bonds is 0. The zero-order chi connectivity index (χ0) is 9.26. The lowest BCUT2D eigenvalue weighted by Gasteiger charge is -1.90. The van der Waals surface area contributed by atoms with Gasteiger partial charge >= 0.3 is 0 Å². The third-order valence-electron chi connectivity index (χ3n) is 1.66. The molecule has 0 saturated carbocycles. The zero-order valence-corrected chi connectivity index (χ0v) is 6.35. The summed E-state index contributed by atoms with van der Waals surface area (Å²) in [5.41, 5.74) is 1.31. The van der Waals surface area contributed by atoms with E-state index in [1.165, 1.54) is 6.07 Å². The highest BCUT2D eigenvalue weighted by Gasteiger charge is 2.10. The van der Waals surface area contributed by atoms with Crippen molar-refractivity contribution in [2.75, 3.05) is 0 Å². The Hall–Kier alpha value is -2.40. The molecule has 0 N–H and O–H groups in total. The van der Waals surface area contributed by atoms with Crippen LogP contribution in [0.3, 0.4) is 0 Å². The molecule has 0 saturated heterocycles. The van der Waals surface area contributed by atoms with Gasteiger partial charge in [0, 0.05) is 0 Å². The Morgan fingerprint density at radius 2 is 2.00 bits per heavy atom. The van der Waals surface area contributed by atoms with Gasteiger partial charge in [0.2, 0.25) is 0 Å². The average molecular weight is 170 g/mol. The summed E-state index contributed by atoms with van der Waals surface area (Å²) in [5.74, 6) is 0. The van der Waals surface area contributed by atoms with Crippen LogP contribution in [0.2, 0.25) is 0 Å². The predicted molar refractivity (Wildman–Crippen MR) is 41.2 cm³/mol. The van der Waals surface area contributed by atoms with Crippen LogP contribution < -0.4 is 0 Å². The average Bonchev–Trinajstić information content (AvgIpc) is 2.63. The van der Waals surface area contributed by atoms with E-state index in [2.05, 4.69) is 14.9 Å². The number of fused-ring (bicyclic) bond motifs is 1. The predicted octanol–water partition coefficient (Wildman–Crippen LogP) is 0.966. The van der Waals surface area contributed by atoms with E-state index in [9.17, 15) is 0 Å². The van der Waals surface area contributed by atoms with E-state index in [0.29, 0.717) is 11.0 Å². The molecule has 0 fully saturated rings. The minimum Gasteiger partial charge on any atom is -0.243 e. The van der Waals surface area contributed by atoms with Crippen molar-refractivity contribution >= 4 is 11.0 Å². The first kappa shape index (κ1) is 7.26. The van der Waals surface area contributed by atoms with Crippen LogP contribution in [0.4, 0.5) is 0 Å². The van der Waals surface area contributed by atoms with Crippen LogP contribution >= 0.6 is 0 Å². The quantitative estimate of drug-likeness (QED) is 0.587. The SMILES string of the molecule is N#Cc1ccc2nonc2c1C#N. The molecule has 0 spiro atoms. The van der Waals surface area contributed by atoms with E-state index in [-0.39, 0.29) is 11.1 Å². The van der Waals surface area contributed by atoms with Crippen LogP contribution in [-0.4, -0.2) is 10.3 Å². The van der Waals surface area contributed by atoms with Gasteiger partial charge in [-0.1, -0.05) is 0 Å². The number of nitriles is 2. The molecule has 2 aromatic rings. The Balaban J connectivity index is 2.94. The van der Waals surface area contributed by atoms with Gasteiger partial charge in [0.15, 0.2) is 5.52 Å². The summed E-state index contributed by atoms with van der Waals surface area (Å²) in [6, 6.07) is 6.89. The van der Waals surface area contributed by atoms with Gasteiger partial charge in [0.05, 0.1) is 5.56 Å². The highest BCUT2D eigenvalue weighted by atomic mass is 16.6. The van der Waals surface area contributed by atoms with Gasteiger partial charge in [0.1, 0.15) is 23.2 Å². The number of nitrogens with zero attached hydrogens (tertiary/aromatic N) is 4. The lowest BCUT2D eigenvalue weighted by atomic mass is 10.1. The van der Waals surface area contributed by atoms with E-state index >= 15 is 0 Å². The molecular weight excluding hydrogens is 168 g/mol. The molecule has 0 amide bonds. The smallest absolute Gasteiger partial charge is 0.154 e. The molecule has 0 unspecified atom stereocenters. The summed E-state index contributed by atoms with van der Waals surface area (Å²) in [5, 5.41) is 24.5. The number of aromatic nitrogens is 2. The lowest BCUT2D eigenvalue weighted by Crippen LogP contribution is -1.85. The van der Waals surface area contributed by atoms with E-state index < -0.39 is 0 Å². The van der Waals surface area contributed by atoms with Gasteiger partial charge in [-0.3, -0.25) is 0 Å². The van der Waals surface area contributed by atoms with Crippen molar-refractivity contribution in [3.63, 3.8) is 0 Å². The molecule has 1 aromatic heterocycles. The fourth-order valence-corrected chi connectivity index (χ4v) is 1.06. The van der Waals surface area contributed by atoms with E-state index in [1.54, 1.807) is 6.07 Å². The molecule has 0 bridgehead atoms. The molecule has 1 aromatic carbocycles. The number of benzene rings is 1. The van der Waals surface area contributed by atoms with Crippen molar-refractivity contribution in [1.82, 2.24) is 10.3 Å². The largest absolute Gasteiger partial charge is 0.243 e. The molecule has 5 heteroatoms. The fraction of sp³-hybridized carbons (Fsp3) is 0. The molecule has 60 valence electrons. The minimum absolute atomic E-state index is 0.209. The summed E-state index contributed by atoms with van der Waals surface area (Å²) >= 11 is 0. The maximum atomic E-state index is 8.76. The normalized spacial score (nSPS) is 9.38. The molecule has 13 heavy (non-hydrogen) atoms. The van der Waals surface area contributed by atoms with E-state index in [1.807, 2.05) is 12.1 Å². The van der Waals surface area contributed by atoms with Crippen molar-refractivity contribution < 1.29 is 4.63 Å². The van der Waals surface area contributed by atoms with Crippen LogP contribution in [0.5, 0.6) is 0 Å². The first-order chi connectivity index (χ1) is 6.36. The lowest BCUT2D eigenvalue weighted by molar-refractivity contribution is 0.315.